The molecule has 0 saturated heterocycles. The van der Waals surface area contributed by atoms with Crippen LogP contribution in [0.1, 0.15) is 32.8 Å². The zero-order valence-corrected chi connectivity index (χ0v) is 17.1. The molecular formula is C20H28F3N3O4. The van der Waals surface area contributed by atoms with Gasteiger partial charge in [-0.25, -0.2) is 4.79 Å². The molecule has 5 N–H and O–H groups in total. The fraction of sp³-hybridized carbons (Fsp3) is 0.450. The molecule has 0 saturated carbocycles. The molecule has 0 aliphatic carbocycles. The first-order valence-corrected chi connectivity index (χ1v) is 9.21. The molecule has 1 aromatic rings. The number of halogens is 3. The highest BCUT2D eigenvalue weighted by atomic mass is 19.4. The number of aryl methyl sites for hydroxylation is 1. The lowest BCUT2D eigenvalue weighted by atomic mass is 10.0. The average molecular weight is 431 g/mol. The third-order valence-electron chi connectivity index (χ3n) is 3.48. The molecule has 1 rings (SSSR count). The number of nitrogens with one attached hydrogen (secondary N) is 2. The first-order valence-electron chi connectivity index (χ1n) is 9.21. The Morgan fingerprint density at radius 1 is 1.10 bits per heavy atom. The average Bonchev–Trinajstić information content (AvgIpc) is 2.63. The molecule has 0 heterocycles. The SMILES string of the molecule is CC(C)NC(=O)/C=C/[C@H](CCc1ccccc1)NC(=O)[C@H](C)N.O=C(O)C(F)(F)F. The summed E-state index contributed by atoms with van der Waals surface area (Å²) in [5.41, 5.74) is 6.79. The van der Waals surface area contributed by atoms with Crippen LogP contribution >= 0.6 is 0 Å². The zero-order chi connectivity index (χ0) is 23.3. The third kappa shape index (κ3) is 13.3. The molecule has 0 aliphatic heterocycles. The van der Waals surface area contributed by atoms with Crippen LogP contribution in [0.25, 0.3) is 0 Å². The van der Waals surface area contributed by atoms with Crippen LogP contribution in [0.3, 0.4) is 0 Å². The quantitative estimate of drug-likeness (QED) is 0.470. The largest absolute Gasteiger partial charge is 0.490 e. The van der Waals surface area contributed by atoms with Gasteiger partial charge in [0.05, 0.1) is 6.04 Å². The van der Waals surface area contributed by atoms with Gasteiger partial charge in [0, 0.05) is 18.2 Å². The topological polar surface area (TPSA) is 122 Å². The maximum Gasteiger partial charge on any atom is 0.490 e. The Morgan fingerprint density at radius 2 is 1.63 bits per heavy atom. The van der Waals surface area contributed by atoms with E-state index in [1.54, 1.807) is 13.0 Å². The van der Waals surface area contributed by atoms with Gasteiger partial charge in [0.2, 0.25) is 11.8 Å². The van der Waals surface area contributed by atoms with E-state index < -0.39 is 18.2 Å². The normalized spacial score (nSPS) is 13.2. The van der Waals surface area contributed by atoms with E-state index in [9.17, 15) is 22.8 Å². The van der Waals surface area contributed by atoms with Crippen molar-refractivity contribution in [2.24, 2.45) is 5.73 Å². The Hall–Kier alpha value is -2.88. The first kappa shape index (κ1) is 27.1. The minimum absolute atomic E-state index is 0.0774. The van der Waals surface area contributed by atoms with E-state index >= 15 is 0 Å². The van der Waals surface area contributed by atoms with Gasteiger partial charge in [-0.15, -0.1) is 0 Å². The standard InChI is InChI=1S/C18H27N3O2.C2HF3O2/c1-13(2)20-17(22)12-11-16(21-18(23)14(3)19)10-9-15-7-5-4-6-8-15;3-2(4,5)1(6)7/h4-8,11-14,16H,9-10,19H2,1-3H3,(H,20,22)(H,21,23);(H,6,7)/b12-11+;/t14-,16-;/m0./s1. The van der Waals surface area contributed by atoms with Crippen LogP contribution in [0.5, 0.6) is 0 Å². The number of carboxylic acid groups (broad SMARTS) is 1. The van der Waals surface area contributed by atoms with Crippen molar-refractivity contribution in [2.75, 3.05) is 0 Å². The molecular weight excluding hydrogens is 403 g/mol. The highest BCUT2D eigenvalue weighted by molar-refractivity contribution is 5.88. The Kier molecular flexibility index (Phi) is 12.1. The fourth-order valence-corrected chi connectivity index (χ4v) is 2.03. The van der Waals surface area contributed by atoms with Crippen molar-refractivity contribution in [3.63, 3.8) is 0 Å². The minimum atomic E-state index is -5.08. The molecule has 0 spiro atoms. The molecule has 0 aliphatic rings. The number of nitrogens with two attached hydrogens (primary N) is 1. The molecule has 0 radical (unpaired) electrons. The number of amides is 2. The second kappa shape index (κ2) is 13.4. The number of aliphatic carboxylic acids is 1. The second-order valence-electron chi connectivity index (χ2n) is 6.75. The Morgan fingerprint density at radius 3 is 2.07 bits per heavy atom. The number of carboxylic acids is 1. The molecule has 30 heavy (non-hydrogen) atoms. The predicted octanol–water partition coefficient (Wildman–Crippen LogP) is 2.17. The third-order valence-corrected chi connectivity index (χ3v) is 3.48. The molecule has 168 valence electrons. The van der Waals surface area contributed by atoms with Gasteiger partial charge in [-0.05, 0) is 39.2 Å². The number of rotatable bonds is 8. The van der Waals surface area contributed by atoms with Gasteiger partial charge in [-0.1, -0.05) is 36.4 Å². The van der Waals surface area contributed by atoms with Crippen LogP contribution < -0.4 is 16.4 Å². The summed E-state index contributed by atoms with van der Waals surface area (Å²) in [6.07, 6.45) is -0.382. The lowest BCUT2D eigenvalue weighted by Crippen LogP contribution is -2.43. The molecule has 0 bridgehead atoms. The maximum absolute atomic E-state index is 11.8. The van der Waals surface area contributed by atoms with Crippen molar-refractivity contribution in [3.05, 3.63) is 48.0 Å². The summed E-state index contributed by atoms with van der Waals surface area (Å²) in [4.78, 5) is 32.4. The first-order chi connectivity index (χ1) is 13.8. The highest BCUT2D eigenvalue weighted by Gasteiger charge is 2.38. The summed E-state index contributed by atoms with van der Waals surface area (Å²) < 4.78 is 31.7. The van der Waals surface area contributed by atoms with Crippen molar-refractivity contribution in [1.29, 1.82) is 0 Å². The lowest BCUT2D eigenvalue weighted by Gasteiger charge is -2.17. The summed E-state index contributed by atoms with van der Waals surface area (Å²) >= 11 is 0. The van der Waals surface area contributed by atoms with Gasteiger partial charge in [0.15, 0.2) is 0 Å². The number of carbonyl (C=O) groups is 3. The zero-order valence-electron chi connectivity index (χ0n) is 17.1. The highest BCUT2D eigenvalue weighted by Crippen LogP contribution is 2.13. The van der Waals surface area contributed by atoms with E-state index in [2.05, 4.69) is 10.6 Å². The number of hydrogen-bond acceptors (Lipinski definition) is 4. The van der Waals surface area contributed by atoms with Gasteiger partial charge in [0.25, 0.3) is 0 Å². The number of benzene rings is 1. The maximum atomic E-state index is 11.8. The molecule has 2 amide bonds. The van der Waals surface area contributed by atoms with E-state index in [4.69, 9.17) is 15.6 Å². The van der Waals surface area contributed by atoms with Crippen molar-refractivity contribution in [1.82, 2.24) is 10.6 Å². The van der Waals surface area contributed by atoms with E-state index in [0.29, 0.717) is 6.42 Å². The predicted molar refractivity (Wildman–Crippen MR) is 106 cm³/mol. The summed E-state index contributed by atoms with van der Waals surface area (Å²) in [6, 6.07) is 9.29. The Labute approximate surface area is 173 Å². The summed E-state index contributed by atoms with van der Waals surface area (Å²) in [5, 5.41) is 12.8. The summed E-state index contributed by atoms with van der Waals surface area (Å²) in [6.45, 7) is 5.44. The molecule has 10 heteroatoms. The fourth-order valence-electron chi connectivity index (χ4n) is 2.03. The van der Waals surface area contributed by atoms with E-state index in [1.807, 2.05) is 44.2 Å². The molecule has 0 fully saturated rings. The Bertz CT molecular complexity index is 705. The van der Waals surface area contributed by atoms with Crippen LogP contribution in [0.2, 0.25) is 0 Å². The molecule has 2 atom stereocenters. The van der Waals surface area contributed by atoms with Crippen LogP contribution in [-0.2, 0) is 20.8 Å². The van der Waals surface area contributed by atoms with Gasteiger partial charge in [0.1, 0.15) is 0 Å². The lowest BCUT2D eigenvalue weighted by molar-refractivity contribution is -0.192. The minimum Gasteiger partial charge on any atom is -0.475 e. The van der Waals surface area contributed by atoms with Gasteiger partial charge in [-0.3, -0.25) is 9.59 Å². The molecule has 1 aromatic carbocycles. The number of alkyl halides is 3. The van der Waals surface area contributed by atoms with E-state index in [0.717, 1.165) is 6.42 Å². The van der Waals surface area contributed by atoms with Crippen LogP contribution in [0.15, 0.2) is 42.5 Å². The van der Waals surface area contributed by atoms with Gasteiger partial charge >= 0.3 is 12.1 Å². The van der Waals surface area contributed by atoms with Crippen molar-refractivity contribution >= 4 is 17.8 Å². The van der Waals surface area contributed by atoms with Gasteiger partial charge in [-0.2, -0.15) is 13.2 Å². The van der Waals surface area contributed by atoms with E-state index in [1.165, 1.54) is 11.6 Å². The molecule has 7 nitrogen and oxygen atoms in total. The van der Waals surface area contributed by atoms with Crippen LogP contribution in [-0.4, -0.2) is 47.2 Å². The summed E-state index contributed by atoms with van der Waals surface area (Å²) in [7, 11) is 0. The molecule has 0 aromatic heterocycles. The van der Waals surface area contributed by atoms with Crippen LogP contribution in [0.4, 0.5) is 13.2 Å². The smallest absolute Gasteiger partial charge is 0.475 e. The number of carbonyl (C=O) groups excluding carboxylic acids is 2. The Balaban J connectivity index is 0.00000103. The van der Waals surface area contributed by atoms with Crippen LogP contribution in [0, 0.1) is 0 Å². The van der Waals surface area contributed by atoms with E-state index in [-0.39, 0.29) is 23.9 Å². The second-order valence-corrected chi connectivity index (χ2v) is 6.75. The molecule has 0 unspecified atom stereocenters. The summed E-state index contributed by atoms with van der Waals surface area (Å²) in [5.74, 6) is -3.15. The number of hydrogen-bond donors (Lipinski definition) is 4. The monoisotopic (exact) mass is 431 g/mol. The van der Waals surface area contributed by atoms with Crippen molar-refractivity contribution in [3.8, 4) is 0 Å². The van der Waals surface area contributed by atoms with Gasteiger partial charge < -0.3 is 21.5 Å². The van der Waals surface area contributed by atoms with Crippen molar-refractivity contribution in [2.45, 2.75) is 57.9 Å². The van der Waals surface area contributed by atoms with Crippen molar-refractivity contribution < 1.29 is 32.7 Å².